The summed E-state index contributed by atoms with van der Waals surface area (Å²) >= 11 is 5.15. The van der Waals surface area contributed by atoms with E-state index in [1.54, 1.807) is 52.8 Å². The van der Waals surface area contributed by atoms with Gasteiger partial charge in [-0.15, -0.1) is 22.7 Å². The Morgan fingerprint density at radius 1 is 0.451 bits per heavy atom. The molecule has 0 bridgehead atoms. The highest BCUT2D eigenvalue weighted by Gasteiger charge is 2.26. The maximum atomic E-state index is 4.25. The molecule has 276 valence electrons. The van der Waals surface area contributed by atoms with E-state index in [0.29, 0.717) is 0 Å². The summed E-state index contributed by atoms with van der Waals surface area (Å²) in [5.74, 6) is 0. The SMILES string of the molecule is CC(C)(C)c1ccccn1.CC(C)(C)c1cncc2ccs[n+]12.CC(C)(C)c1cnccn1.CC(C)(C)c1nccs1.CC(C)(C)c1nccs1. The van der Waals surface area contributed by atoms with Gasteiger partial charge in [0.05, 0.1) is 27.3 Å². The van der Waals surface area contributed by atoms with E-state index in [-0.39, 0.29) is 27.1 Å². The van der Waals surface area contributed by atoms with Crippen molar-refractivity contribution in [2.45, 2.75) is 131 Å². The summed E-state index contributed by atoms with van der Waals surface area (Å²) in [6, 6.07) is 8.11. The van der Waals surface area contributed by atoms with Gasteiger partial charge >= 0.3 is 0 Å². The molecule has 0 amide bonds. The molecule has 0 radical (unpaired) electrons. The van der Waals surface area contributed by atoms with Gasteiger partial charge in [-0.25, -0.2) is 9.97 Å². The maximum Gasteiger partial charge on any atom is 0.244 e. The Kier molecular flexibility index (Phi) is 16.2. The van der Waals surface area contributed by atoms with Gasteiger partial charge in [0.15, 0.2) is 0 Å². The highest BCUT2D eigenvalue weighted by atomic mass is 32.1. The van der Waals surface area contributed by atoms with Crippen molar-refractivity contribution in [1.29, 1.82) is 0 Å². The standard InChI is InChI=1S/C10H13N2S.C9H13N.C8H12N2.2C7H11NS/c1-10(2,3)9-7-11-6-8-4-5-13-12(8)9;1-9(2,3)8-6-4-5-7-10-8;1-8(2,3)7-6-9-4-5-10-7;2*1-7(2,3)6-8-4-5-9-6/h4-7H,1-3H3;4-7H,1-3H3;4-6H,1-3H3;2*4-5H,1-3H3/q+1;;;;. The molecule has 7 nitrogen and oxygen atoms in total. The lowest BCUT2D eigenvalue weighted by Gasteiger charge is -2.16. The van der Waals surface area contributed by atoms with E-state index in [0.717, 1.165) is 11.4 Å². The fraction of sp³-hybridized carbons (Fsp3) is 0.488. The second-order valence-corrected chi connectivity index (χ2v) is 19.8. The number of pyridine rings is 1. The van der Waals surface area contributed by atoms with Crippen LogP contribution in [-0.2, 0) is 27.1 Å². The number of hydrogen-bond acceptors (Lipinski definition) is 9. The van der Waals surface area contributed by atoms with Crippen LogP contribution < -0.4 is 3.79 Å². The molecule has 0 saturated carbocycles. The Labute approximate surface area is 319 Å². The molecule has 51 heavy (non-hydrogen) atoms. The summed E-state index contributed by atoms with van der Waals surface area (Å²) in [6.45, 7) is 32.5. The van der Waals surface area contributed by atoms with Crippen LogP contribution in [0.1, 0.15) is 131 Å². The van der Waals surface area contributed by atoms with Gasteiger partial charge in [0.25, 0.3) is 0 Å². The zero-order chi connectivity index (χ0) is 38.5. The molecule has 10 heteroatoms. The van der Waals surface area contributed by atoms with Gasteiger partial charge < -0.3 is 0 Å². The lowest BCUT2D eigenvalue weighted by Crippen LogP contribution is -2.31. The summed E-state index contributed by atoms with van der Waals surface area (Å²) in [4.78, 5) is 25.1. The zero-order valence-corrected chi connectivity index (χ0v) is 36.0. The minimum absolute atomic E-state index is 0.119. The van der Waals surface area contributed by atoms with E-state index < -0.39 is 0 Å². The van der Waals surface area contributed by atoms with E-state index in [2.05, 4.69) is 155 Å². The van der Waals surface area contributed by atoms with Crippen LogP contribution in [0.5, 0.6) is 0 Å². The molecule has 0 aliphatic heterocycles. The molecule has 0 spiro atoms. The van der Waals surface area contributed by atoms with E-state index in [1.807, 2.05) is 53.9 Å². The average Bonchev–Trinajstić information content (AvgIpc) is 3.85. The van der Waals surface area contributed by atoms with Gasteiger partial charge in [0.1, 0.15) is 17.7 Å². The lowest BCUT2D eigenvalue weighted by atomic mass is 9.92. The first-order chi connectivity index (χ1) is 23.5. The molecular formula is C41H60N7S3+. The molecule has 6 rings (SSSR count). The minimum atomic E-state index is 0.119. The summed E-state index contributed by atoms with van der Waals surface area (Å²) in [5, 5.41) is 8.54. The van der Waals surface area contributed by atoms with Gasteiger partial charge in [-0.3, -0.25) is 19.9 Å². The third-order valence-corrected chi connectivity index (χ3v) is 10.2. The van der Waals surface area contributed by atoms with Gasteiger partial charge in [0.2, 0.25) is 11.2 Å². The molecule has 0 unspecified atom stereocenters. The highest BCUT2D eigenvalue weighted by Crippen LogP contribution is 2.24. The maximum absolute atomic E-state index is 4.25. The highest BCUT2D eigenvalue weighted by molar-refractivity contribution is 7.10. The quantitative estimate of drug-likeness (QED) is 0.144. The monoisotopic (exact) mass is 746 g/mol. The average molecular weight is 747 g/mol. The second kappa shape index (κ2) is 18.9. The Balaban J connectivity index is 0.000000223. The minimum Gasteiger partial charge on any atom is -0.261 e. The summed E-state index contributed by atoms with van der Waals surface area (Å²) in [6.07, 6.45) is 14.6. The third kappa shape index (κ3) is 15.8. The van der Waals surface area contributed by atoms with Crippen molar-refractivity contribution >= 4 is 39.7 Å². The number of aromatic nitrogens is 7. The molecular weight excluding hydrogens is 687 g/mol. The summed E-state index contributed by atoms with van der Waals surface area (Å²) < 4.78 is 2.23. The number of nitrogens with zero attached hydrogens (tertiary/aromatic N) is 7. The Morgan fingerprint density at radius 3 is 1.33 bits per heavy atom. The van der Waals surface area contributed by atoms with Gasteiger partial charge in [-0.05, 0) is 12.1 Å². The number of thiazole rings is 2. The molecule has 6 heterocycles. The molecule has 0 aliphatic carbocycles. The third-order valence-electron chi connectivity index (χ3n) is 6.94. The molecule has 0 aliphatic rings. The molecule has 0 fully saturated rings. The fourth-order valence-corrected chi connectivity index (χ4v) is 6.43. The van der Waals surface area contributed by atoms with Crippen LogP contribution in [0.2, 0.25) is 0 Å². The smallest absolute Gasteiger partial charge is 0.244 e. The lowest BCUT2D eigenvalue weighted by molar-refractivity contribution is -0.449. The van der Waals surface area contributed by atoms with Crippen LogP contribution in [0.3, 0.4) is 0 Å². The van der Waals surface area contributed by atoms with Crippen molar-refractivity contribution in [2.75, 3.05) is 0 Å². The Morgan fingerprint density at radius 2 is 1.00 bits per heavy atom. The van der Waals surface area contributed by atoms with Gasteiger partial charge in [-0.2, -0.15) is 0 Å². The number of fused-ring (bicyclic) bond motifs is 1. The second-order valence-electron chi connectivity index (χ2n) is 17.2. The number of rotatable bonds is 0. The van der Waals surface area contributed by atoms with Crippen molar-refractivity contribution in [1.82, 2.24) is 29.9 Å². The zero-order valence-electron chi connectivity index (χ0n) is 33.5. The van der Waals surface area contributed by atoms with E-state index >= 15 is 0 Å². The van der Waals surface area contributed by atoms with E-state index in [9.17, 15) is 0 Å². The van der Waals surface area contributed by atoms with Gasteiger partial charge in [0, 0.05) is 86.8 Å². The topological polar surface area (TPSA) is 81.4 Å². The first-order valence-electron chi connectivity index (χ1n) is 17.2. The molecule has 0 atom stereocenters. The molecule has 0 saturated heterocycles. The van der Waals surface area contributed by atoms with Crippen LogP contribution in [0.25, 0.3) is 5.52 Å². The van der Waals surface area contributed by atoms with Crippen molar-refractivity contribution in [3.05, 3.63) is 117 Å². The Hall–Kier alpha value is -3.47. The Bertz CT molecular complexity index is 1690. The van der Waals surface area contributed by atoms with Crippen LogP contribution in [0, 0.1) is 0 Å². The summed E-state index contributed by atoms with van der Waals surface area (Å²) in [7, 11) is 0. The normalized spacial score (nSPS) is 11.8. The fourth-order valence-electron chi connectivity index (χ4n) is 4.00. The predicted molar refractivity (Wildman–Crippen MR) is 219 cm³/mol. The largest absolute Gasteiger partial charge is 0.261 e. The van der Waals surface area contributed by atoms with Crippen LogP contribution >= 0.6 is 34.2 Å². The van der Waals surface area contributed by atoms with Gasteiger partial charge in [-0.1, -0.05) is 114 Å². The van der Waals surface area contributed by atoms with Crippen molar-refractivity contribution in [3.63, 3.8) is 0 Å². The van der Waals surface area contributed by atoms with E-state index in [4.69, 9.17) is 0 Å². The van der Waals surface area contributed by atoms with E-state index in [1.165, 1.54) is 21.2 Å². The predicted octanol–water partition coefficient (Wildman–Crippen LogP) is 11.2. The summed E-state index contributed by atoms with van der Waals surface area (Å²) in [5.41, 5.74) is 5.54. The first kappa shape index (κ1) is 43.7. The molecule has 0 N–H and O–H groups in total. The van der Waals surface area contributed by atoms with Crippen LogP contribution in [0.15, 0.2) is 90.0 Å². The molecule has 6 aromatic rings. The van der Waals surface area contributed by atoms with Crippen molar-refractivity contribution in [2.24, 2.45) is 0 Å². The van der Waals surface area contributed by atoms with Crippen LogP contribution in [-0.4, -0.2) is 29.9 Å². The number of hydrogen-bond donors (Lipinski definition) is 0. The van der Waals surface area contributed by atoms with Crippen molar-refractivity contribution < 1.29 is 3.79 Å². The first-order valence-corrected chi connectivity index (χ1v) is 19.8. The van der Waals surface area contributed by atoms with Crippen molar-refractivity contribution in [3.8, 4) is 0 Å². The molecule has 0 aromatic carbocycles. The van der Waals surface area contributed by atoms with Crippen LogP contribution in [0.4, 0.5) is 0 Å². The molecule has 6 aromatic heterocycles.